The Labute approximate surface area is 157 Å². The van der Waals surface area contributed by atoms with Crippen molar-refractivity contribution in [3.05, 3.63) is 52.3 Å². The lowest BCUT2D eigenvalue weighted by Gasteiger charge is -2.29. The van der Waals surface area contributed by atoms with Crippen LogP contribution >= 0.6 is 23.2 Å². The zero-order valence-corrected chi connectivity index (χ0v) is 15.6. The van der Waals surface area contributed by atoms with Crippen LogP contribution in [0.1, 0.15) is 24.8 Å². The van der Waals surface area contributed by atoms with Crippen LogP contribution in [0.15, 0.2) is 36.7 Å². The third-order valence-electron chi connectivity index (χ3n) is 4.75. The van der Waals surface area contributed by atoms with E-state index in [1.54, 1.807) is 6.33 Å². The number of rotatable bonds is 2. The lowest BCUT2D eigenvalue weighted by molar-refractivity contribution is 0.574. The molecule has 1 aliphatic rings. The van der Waals surface area contributed by atoms with Crippen LogP contribution in [0.2, 0.25) is 10.0 Å². The molecule has 0 N–H and O–H groups in total. The van der Waals surface area contributed by atoms with Gasteiger partial charge in [-0.2, -0.15) is 0 Å². The Morgan fingerprint density at radius 2 is 1.72 bits per heavy atom. The number of benzene rings is 2. The predicted molar refractivity (Wildman–Crippen MR) is 106 cm³/mol. The molecule has 1 aliphatic heterocycles. The number of nitrogens with zero attached hydrogens (tertiary/aromatic N) is 3. The van der Waals surface area contributed by atoms with Crippen LogP contribution in [-0.4, -0.2) is 23.1 Å². The highest BCUT2D eigenvalue weighted by Crippen LogP contribution is 2.37. The quantitative estimate of drug-likeness (QED) is 0.561. The number of fused-ring (bicyclic) bond motifs is 1. The van der Waals surface area contributed by atoms with Gasteiger partial charge in [0.05, 0.1) is 20.9 Å². The first-order valence-electron chi connectivity index (χ1n) is 8.59. The standard InChI is InChI=1S/C20H19Cl2N3/c1-13-9-15(14-5-6-16(21)17(22)11-14)19-18(10-13)23-12-24-20(19)25-7-3-2-4-8-25/h5-6,9-12H,2-4,7-8H2,1H3. The second-order valence-corrected chi connectivity index (χ2v) is 7.39. The van der Waals surface area contributed by atoms with Gasteiger partial charge in [0.1, 0.15) is 12.1 Å². The van der Waals surface area contributed by atoms with Crippen LogP contribution in [0.5, 0.6) is 0 Å². The van der Waals surface area contributed by atoms with Gasteiger partial charge in [-0.1, -0.05) is 35.3 Å². The summed E-state index contributed by atoms with van der Waals surface area (Å²) in [5.74, 6) is 1.02. The first-order valence-corrected chi connectivity index (χ1v) is 9.35. The fourth-order valence-electron chi connectivity index (χ4n) is 3.55. The van der Waals surface area contributed by atoms with Crippen molar-refractivity contribution < 1.29 is 0 Å². The number of aromatic nitrogens is 2. The SMILES string of the molecule is Cc1cc(-c2ccc(Cl)c(Cl)c2)c2c(N3CCCCC3)ncnc2c1. The largest absolute Gasteiger partial charge is 0.356 e. The van der Waals surface area contributed by atoms with Gasteiger partial charge in [0, 0.05) is 13.1 Å². The molecule has 128 valence electrons. The topological polar surface area (TPSA) is 29.0 Å². The maximum absolute atomic E-state index is 6.27. The van der Waals surface area contributed by atoms with Gasteiger partial charge in [0.15, 0.2) is 0 Å². The normalized spacial score (nSPS) is 14.9. The van der Waals surface area contributed by atoms with E-state index < -0.39 is 0 Å². The Morgan fingerprint density at radius 3 is 2.48 bits per heavy atom. The van der Waals surface area contributed by atoms with Gasteiger partial charge in [-0.25, -0.2) is 9.97 Å². The third kappa shape index (κ3) is 3.19. The van der Waals surface area contributed by atoms with Crippen molar-refractivity contribution in [2.24, 2.45) is 0 Å². The average molecular weight is 372 g/mol. The number of piperidine rings is 1. The van der Waals surface area contributed by atoms with E-state index in [1.165, 1.54) is 19.3 Å². The van der Waals surface area contributed by atoms with Gasteiger partial charge < -0.3 is 4.90 Å². The zero-order chi connectivity index (χ0) is 17.4. The van der Waals surface area contributed by atoms with Crippen molar-refractivity contribution in [2.45, 2.75) is 26.2 Å². The molecule has 0 bridgehead atoms. The van der Waals surface area contributed by atoms with Gasteiger partial charge in [-0.05, 0) is 61.1 Å². The second-order valence-electron chi connectivity index (χ2n) is 6.58. The van der Waals surface area contributed by atoms with Crippen LogP contribution in [0.4, 0.5) is 5.82 Å². The van der Waals surface area contributed by atoms with Crippen LogP contribution in [0.3, 0.4) is 0 Å². The molecule has 2 aromatic carbocycles. The molecular weight excluding hydrogens is 353 g/mol. The summed E-state index contributed by atoms with van der Waals surface area (Å²) in [5.41, 5.74) is 4.28. The summed E-state index contributed by atoms with van der Waals surface area (Å²) < 4.78 is 0. The molecule has 0 saturated carbocycles. The molecule has 0 radical (unpaired) electrons. The van der Waals surface area contributed by atoms with Crippen LogP contribution in [0, 0.1) is 6.92 Å². The summed E-state index contributed by atoms with van der Waals surface area (Å²) in [7, 11) is 0. The number of hydrogen-bond acceptors (Lipinski definition) is 3. The number of halogens is 2. The monoisotopic (exact) mass is 371 g/mol. The molecule has 3 nitrogen and oxygen atoms in total. The number of anilines is 1. The maximum Gasteiger partial charge on any atom is 0.140 e. The second kappa shape index (κ2) is 6.81. The van der Waals surface area contributed by atoms with Crippen molar-refractivity contribution in [1.29, 1.82) is 0 Å². The van der Waals surface area contributed by atoms with Crippen molar-refractivity contribution in [1.82, 2.24) is 9.97 Å². The summed E-state index contributed by atoms with van der Waals surface area (Å²) in [6, 6.07) is 10.1. The van der Waals surface area contributed by atoms with E-state index in [2.05, 4.69) is 33.9 Å². The fraction of sp³-hybridized carbons (Fsp3) is 0.300. The molecule has 0 unspecified atom stereocenters. The van der Waals surface area contributed by atoms with Crippen molar-refractivity contribution >= 4 is 39.9 Å². The van der Waals surface area contributed by atoms with E-state index in [0.29, 0.717) is 10.0 Å². The Kier molecular flexibility index (Phi) is 4.53. The summed E-state index contributed by atoms with van der Waals surface area (Å²) in [6.45, 7) is 4.17. The van der Waals surface area contributed by atoms with E-state index in [4.69, 9.17) is 23.2 Å². The van der Waals surface area contributed by atoms with E-state index >= 15 is 0 Å². The Bertz CT molecular complexity index is 934. The van der Waals surface area contributed by atoms with Crippen molar-refractivity contribution in [3.63, 3.8) is 0 Å². The Balaban J connectivity index is 1.97. The molecule has 0 atom stereocenters. The van der Waals surface area contributed by atoms with E-state index in [9.17, 15) is 0 Å². The fourth-order valence-corrected chi connectivity index (χ4v) is 3.85. The first kappa shape index (κ1) is 16.6. The predicted octanol–water partition coefficient (Wildman–Crippen LogP) is 5.90. The van der Waals surface area contributed by atoms with Crippen LogP contribution in [0.25, 0.3) is 22.0 Å². The highest BCUT2D eigenvalue weighted by molar-refractivity contribution is 6.42. The van der Waals surface area contributed by atoms with E-state index in [1.807, 2.05) is 18.2 Å². The molecule has 1 aromatic heterocycles. The summed E-state index contributed by atoms with van der Waals surface area (Å²) >= 11 is 12.4. The van der Waals surface area contributed by atoms with Crippen molar-refractivity contribution in [3.8, 4) is 11.1 Å². The average Bonchev–Trinajstić information content (AvgIpc) is 2.63. The van der Waals surface area contributed by atoms with E-state index in [0.717, 1.165) is 46.5 Å². The van der Waals surface area contributed by atoms with Crippen molar-refractivity contribution in [2.75, 3.05) is 18.0 Å². The molecule has 0 amide bonds. The molecule has 4 rings (SSSR count). The molecule has 1 saturated heterocycles. The number of aryl methyl sites for hydroxylation is 1. The first-order chi connectivity index (χ1) is 12.1. The van der Waals surface area contributed by atoms with Gasteiger partial charge in [-0.15, -0.1) is 0 Å². The minimum atomic E-state index is 0.560. The minimum absolute atomic E-state index is 0.560. The van der Waals surface area contributed by atoms with Crippen LogP contribution in [-0.2, 0) is 0 Å². The highest BCUT2D eigenvalue weighted by atomic mass is 35.5. The lowest BCUT2D eigenvalue weighted by atomic mass is 9.97. The van der Waals surface area contributed by atoms with Gasteiger partial charge in [-0.3, -0.25) is 0 Å². The molecule has 3 aromatic rings. The third-order valence-corrected chi connectivity index (χ3v) is 5.49. The molecule has 5 heteroatoms. The maximum atomic E-state index is 6.27. The molecular formula is C20H19Cl2N3. The summed E-state index contributed by atoms with van der Waals surface area (Å²) in [6.07, 6.45) is 5.38. The molecule has 0 spiro atoms. The van der Waals surface area contributed by atoms with E-state index in [-0.39, 0.29) is 0 Å². The molecule has 2 heterocycles. The molecule has 1 fully saturated rings. The molecule has 25 heavy (non-hydrogen) atoms. The molecule has 0 aliphatic carbocycles. The summed E-state index contributed by atoms with van der Waals surface area (Å²) in [5, 5.41) is 2.22. The van der Waals surface area contributed by atoms with Gasteiger partial charge >= 0.3 is 0 Å². The van der Waals surface area contributed by atoms with Gasteiger partial charge in [0.25, 0.3) is 0 Å². The Hall–Kier alpha value is -1.84. The Morgan fingerprint density at radius 1 is 0.920 bits per heavy atom. The van der Waals surface area contributed by atoms with Gasteiger partial charge in [0.2, 0.25) is 0 Å². The zero-order valence-electron chi connectivity index (χ0n) is 14.1. The smallest absolute Gasteiger partial charge is 0.140 e. The summed E-state index contributed by atoms with van der Waals surface area (Å²) in [4.78, 5) is 11.5. The lowest BCUT2D eigenvalue weighted by Crippen LogP contribution is -2.30. The minimum Gasteiger partial charge on any atom is -0.356 e. The highest BCUT2D eigenvalue weighted by Gasteiger charge is 2.19. The van der Waals surface area contributed by atoms with Crippen LogP contribution < -0.4 is 4.90 Å². The number of hydrogen-bond donors (Lipinski definition) is 0.